The highest BCUT2D eigenvalue weighted by Crippen LogP contribution is 2.37. The van der Waals surface area contributed by atoms with E-state index in [0.717, 1.165) is 12.1 Å². The zero-order valence-corrected chi connectivity index (χ0v) is 10.3. The lowest BCUT2D eigenvalue weighted by Crippen LogP contribution is -2.20. The third-order valence-electron chi connectivity index (χ3n) is 2.99. The number of sulfone groups is 1. The molecule has 1 aromatic carbocycles. The smallest absolute Gasteiger partial charge is 0.416 e. The van der Waals surface area contributed by atoms with Crippen LogP contribution in [0.25, 0.3) is 0 Å². The normalized spacial score (nSPS) is 21.1. The highest BCUT2D eigenvalue weighted by atomic mass is 32.2. The molecule has 0 spiro atoms. The number of carboxylic acids is 1. The standard InChI is InChI=1S/C11H9F3O4S/c12-11(13,14)7-2-1-6-3-8(5-10(15)16)19(17,18)9(6)4-7/h1-2,4,8H,3,5H2,(H,15,16). The summed E-state index contributed by atoms with van der Waals surface area (Å²) >= 11 is 0. The number of hydrogen-bond acceptors (Lipinski definition) is 3. The topological polar surface area (TPSA) is 71.4 Å². The first-order valence-electron chi connectivity index (χ1n) is 5.28. The lowest BCUT2D eigenvalue weighted by molar-refractivity contribution is -0.138. The second-order valence-corrected chi connectivity index (χ2v) is 6.49. The van der Waals surface area contributed by atoms with Gasteiger partial charge in [0.1, 0.15) is 0 Å². The average molecular weight is 294 g/mol. The molecule has 104 valence electrons. The Bertz CT molecular complexity index is 634. The van der Waals surface area contributed by atoms with E-state index in [1.54, 1.807) is 0 Å². The number of alkyl halides is 3. The quantitative estimate of drug-likeness (QED) is 0.904. The summed E-state index contributed by atoms with van der Waals surface area (Å²) in [6.45, 7) is 0. The molecular formula is C11H9F3O4S. The fraction of sp³-hybridized carbons (Fsp3) is 0.364. The molecule has 4 nitrogen and oxygen atoms in total. The minimum atomic E-state index is -4.63. The highest BCUT2D eigenvalue weighted by molar-refractivity contribution is 7.92. The van der Waals surface area contributed by atoms with Crippen molar-refractivity contribution in [1.82, 2.24) is 0 Å². The Kier molecular flexibility index (Phi) is 3.08. The fourth-order valence-corrected chi connectivity index (χ4v) is 4.00. The van der Waals surface area contributed by atoms with Gasteiger partial charge < -0.3 is 5.11 Å². The van der Waals surface area contributed by atoms with Crippen LogP contribution in [0.2, 0.25) is 0 Å². The van der Waals surface area contributed by atoms with Crippen LogP contribution in [0.3, 0.4) is 0 Å². The number of hydrogen-bond donors (Lipinski definition) is 1. The predicted octanol–water partition coefficient (Wildman–Crippen LogP) is 1.88. The van der Waals surface area contributed by atoms with Crippen molar-refractivity contribution in [2.45, 2.75) is 29.2 Å². The van der Waals surface area contributed by atoms with Crippen molar-refractivity contribution in [3.8, 4) is 0 Å². The largest absolute Gasteiger partial charge is 0.481 e. The summed E-state index contributed by atoms with van der Waals surface area (Å²) in [6.07, 6.45) is -5.31. The molecule has 1 aliphatic heterocycles. The Labute approximate surface area is 106 Å². The Hall–Kier alpha value is -1.57. The van der Waals surface area contributed by atoms with Gasteiger partial charge in [-0.25, -0.2) is 8.42 Å². The van der Waals surface area contributed by atoms with Crippen LogP contribution in [-0.4, -0.2) is 24.7 Å². The lowest BCUT2D eigenvalue weighted by Gasteiger charge is -2.08. The van der Waals surface area contributed by atoms with E-state index in [0.29, 0.717) is 6.07 Å². The van der Waals surface area contributed by atoms with Crippen molar-refractivity contribution >= 4 is 15.8 Å². The van der Waals surface area contributed by atoms with Crippen molar-refractivity contribution in [2.24, 2.45) is 0 Å². The molecule has 0 bridgehead atoms. The second-order valence-electron chi connectivity index (χ2n) is 4.29. The summed E-state index contributed by atoms with van der Waals surface area (Å²) in [5.74, 6) is -1.29. The first-order valence-corrected chi connectivity index (χ1v) is 6.83. The van der Waals surface area contributed by atoms with Crippen LogP contribution in [0.5, 0.6) is 0 Å². The van der Waals surface area contributed by atoms with E-state index >= 15 is 0 Å². The monoisotopic (exact) mass is 294 g/mol. The fourth-order valence-electron chi connectivity index (χ4n) is 2.08. The van der Waals surface area contributed by atoms with Crippen LogP contribution in [-0.2, 0) is 27.2 Å². The maximum Gasteiger partial charge on any atom is 0.416 e. The molecule has 1 aliphatic rings. The molecule has 1 atom stereocenters. The molecule has 0 radical (unpaired) electrons. The van der Waals surface area contributed by atoms with E-state index < -0.39 is 44.1 Å². The molecule has 1 N–H and O–H groups in total. The van der Waals surface area contributed by atoms with Crippen molar-refractivity contribution in [3.05, 3.63) is 29.3 Å². The van der Waals surface area contributed by atoms with E-state index in [-0.39, 0.29) is 12.0 Å². The third-order valence-corrected chi connectivity index (χ3v) is 5.19. The SMILES string of the molecule is O=C(O)CC1Cc2ccc(C(F)(F)F)cc2S1(=O)=O. The lowest BCUT2D eigenvalue weighted by atomic mass is 10.1. The average Bonchev–Trinajstić information content (AvgIpc) is 2.49. The van der Waals surface area contributed by atoms with E-state index in [9.17, 15) is 26.4 Å². The second kappa shape index (κ2) is 4.22. The number of carboxylic acid groups (broad SMARTS) is 1. The van der Waals surface area contributed by atoms with Gasteiger partial charge in [0.25, 0.3) is 0 Å². The van der Waals surface area contributed by atoms with Crippen molar-refractivity contribution in [3.63, 3.8) is 0 Å². The van der Waals surface area contributed by atoms with E-state index in [1.165, 1.54) is 0 Å². The van der Waals surface area contributed by atoms with Gasteiger partial charge in [-0.05, 0) is 24.1 Å². The molecule has 8 heteroatoms. The summed E-state index contributed by atoms with van der Waals surface area (Å²) < 4.78 is 61.5. The summed E-state index contributed by atoms with van der Waals surface area (Å²) in [4.78, 5) is 10.2. The molecule has 0 saturated heterocycles. The van der Waals surface area contributed by atoms with Crippen LogP contribution >= 0.6 is 0 Å². The summed E-state index contributed by atoms with van der Waals surface area (Å²) in [6, 6.07) is 2.47. The van der Waals surface area contributed by atoms with Crippen LogP contribution in [0.1, 0.15) is 17.5 Å². The minimum Gasteiger partial charge on any atom is -0.481 e. The van der Waals surface area contributed by atoms with Crippen LogP contribution < -0.4 is 0 Å². The summed E-state index contributed by atoms with van der Waals surface area (Å²) in [7, 11) is -4.01. The van der Waals surface area contributed by atoms with E-state index in [1.807, 2.05) is 0 Å². The zero-order valence-electron chi connectivity index (χ0n) is 9.44. The predicted molar refractivity (Wildman–Crippen MR) is 58.4 cm³/mol. The number of benzene rings is 1. The first kappa shape index (κ1) is 13.9. The minimum absolute atomic E-state index is 0.0674. The number of aliphatic carboxylic acids is 1. The molecule has 0 saturated carbocycles. The maximum absolute atomic E-state index is 12.5. The Balaban J connectivity index is 2.48. The molecule has 1 heterocycles. The van der Waals surface area contributed by atoms with Crippen LogP contribution in [0, 0.1) is 0 Å². The molecule has 0 fully saturated rings. The van der Waals surface area contributed by atoms with Gasteiger partial charge in [-0.15, -0.1) is 0 Å². The van der Waals surface area contributed by atoms with Gasteiger partial charge in [0.15, 0.2) is 9.84 Å². The summed E-state index contributed by atoms with van der Waals surface area (Å²) in [5, 5.41) is 7.43. The first-order chi connectivity index (χ1) is 8.62. The molecule has 1 aromatic rings. The molecular weight excluding hydrogens is 285 g/mol. The molecule has 2 rings (SSSR count). The van der Waals surface area contributed by atoms with E-state index in [4.69, 9.17) is 5.11 Å². The van der Waals surface area contributed by atoms with Gasteiger partial charge in [0, 0.05) is 0 Å². The summed E-state index contributed by atoms with van der Waals surface area (Å²) in [5.41, 5.74) is -0.815. The molecule has 19 heavy (non-hydrogen) atoms. The number of rotatable bonds is 2. The van der Waals surface area contributed by atoms with Gasteiger partial charge in [0.2, 0.25) is 0 Å². The van der Waals surface area contributed by atoms with Crippen molar-refractivity contribution < 1.29 is 31.5 Å². The molecule has 0 aromatic heterocycles. The number of halogens is 3. The molecule has 0 aliphatic carbocycles. The Morgan fingerprint density at radius 3 is 2.53 bits per heavy atom. The maximum atomic E-state index is 12.5. The molecule has 1 unspecified atom stereocenters. The van der Waals surface area contributed by atoms with Gasteiger partial charge in [-0.2, -0.15) is 13.2 Å². The van der Waals surface area contributed by atoms with Crippen LogP contribution in [0.4, 0.5) is 13.2 Å². The van der Waals surface area contributed by atoms with Gasteiger partial charge in [0.05, 0.1) is 22.1 Å². The third kappa shape index (κ3) is 2.44. The Morgan fingerprint density at radius 2 is 2.00 bits per heavy atom. The highest BCUT2D eigenvalue weighted by Gasteiger charge is 2.40. The van der Waals surface area contributed by atoms with Crippen molar-refractivity contribution in [2.75, 3.05) is 0 Å². The van der Waals surface area contributed by atoms with Gasteiger partial charge in [-0.1, -0.05) is 6.07 Å². The van der Waals surface area contributed by atoms with E-state index in [2.05, 4.69) is 0 Å². The number of fused-ring (bicyclic) bond motifs is 1. The molecule has 0 amide bonds. The van der Waals surface area contributed by atoms with Gasteiger partial charge in [-0.3, -0.25) is 4.79 Å². The van der Waals surface area contributed by atoms with Crippen LogP contribution in [0.15, 0.2) is 23.1 Å². The Morgan fingerprint density at radius 1 is 1.37 bits per heavy atom. The van der Waals surface area contributed by atoms with Crippen molar-refractivity contribution in [1.29, 1.82) is 0 Å². The number of carbonyl (C=O) groups is 1. The zero-order chi connectivity index (χ0) is 14.4. The van der Waals surface area contributed by atoms with Gasteiger partial charge >= 0.3 is 12.1 Å².